The van der Waals surface area contributed by atoms with E-state index in [2.05, 4.69) is 9.97 Å². The van der Waals surface area contributed by atoms with Crippen molar-refractivity contribution in [1.82, 2.24) is 9.97 Å². The van der Waals surface area contributed by atoms with Crippen molar-refractivity contribution in [3.05, 3.63) is 36.4 Å². The van der Waals surface area contributed by atoms with Crippen LogP contribution in [0.2, 0.25) is 0 Å². The van der Waals surface area contributed by atoms with Crippen molar-refractivity contribution in [3.63, 3.8) is 0 Å². The smallest absolute Gasteiger partial charge is 0.317 e. The highest BCUT2D eigenvalue weighted by molar-refractivity contribution is 5.83. The molecule has 5 nitrogen and oxygen atoms in total. The van der Waals surface area contributed by atoms with Crippen molar-refractivity contribution < 1.29 is 14.3 Å². The van der Waals surface area contributed by atoms with Crippen LogP contribution in [0.15, 0.2) is 35.0 Å². The van der Waals surface area contributed by atoms with Gasteiger partial charge in [-0.2, -0.15) is 0 Å². The second kappa shape index (κ2) is 3.41. The van der Waals surface area contributed by atoms with Crippen molar-refractivity contribution in [2.24, 2.45) is 0 Å². The number of aliphatic carboxylic acids is 1. The summed E-state index contributed by atoms with van der Waals surface area (Å²) in [5.41, 5.74) is -0.236. The fourth-order valence-corrected chi connectivity index (χ4v) is 1.79. The van der Waals surface area contributed by atoms with E-state index in [1.54, 1.807) is 18.3 Å². The monoisotopic (exact) mass is 230 g/mol. The van der Waals surface area contributed by atoms with E-state index in [1.807, 2.05) is 6.07 Å². The maximum absolute atomic E-state index is 11.1. The molecule has 0 unspecified atom stereocenters. The first kappa shape index (κ1) is 10.0. The van der Waals surface area contributed by atoms with E-state index >= 15 is 0 Å². The molecule has 2 heterocycles. The van der Waals surface area contributed by atoms with E-state index in [0.29, 0.717) is 30.2 Å². The van der Waals surface area contributed by atoms with Crippen LogP contribution in [0.4, 0.5) is 0 Å². The van der Waals surface area contributed by atoms with E-state index in [0.717, 1.165) is 0 Å². The molecular formula is C12H10N2O3. The van der Waals surface area contributed by atoms with Gasteiger partial charge in [-0.15, -0.1) is 0 Å². The fraction of sp³-hybridized carbons (Fsp3) is 0.250. The number of aromatic nitrogens is 2. The molecule has 1 fully saturated rings. The molecule has 0 spiro atoms. The molecule has 0 radical (unpaired) electrons. The molecule has 86 valence electrons. The Balaban J connectivity index is 1.97. The molecule has 1 aliphatic rings. The number of carboxylic acid groups (broad SMARTS) is 1. The quantitative estimate of drug-likeness (QED) is 0.870. The van der Waals surface area contributed by atoms with Crippen molar-refractivity contribution in [1.29, 1.82) is 0 Å². The Hall–Kier alpha value is -2.17. The van der Waals surface area contributed by atoms with Crippen LogP contribution in [0, 0.1) is 0 Å². The third-order valence-electron chi connectivity index (χ3n) is 3.02. The lowest BCUT2D eigenvalue weighted by Crippen LogP contribution is -2.18. The van der Waals surface area contributed by atoms with E-state index in [1.165, 1.54) is 6.20 Å². The molecule has 0 atom stereocenters. The van der Waals surface area contributed by atoms with E-state index < -0.39 is 11.4 Å². The Kier molecular flexibility index (Phi) is 2.01. The van der Waals surface area contributed by atoms with Gasteiger partial charge in [-0.25, -0.2) is 4.98 Å². The van der Waals surface area contributed by atoms with Crippen molar-refractivity contribution in [3.8, 4) is 11.6 Å². The summed E-state index contributed by atoms with van der Waals surface area (Å²) in [6, 6.07) is 5.40. The van der Waals surface area contributed by atoms with Gasteiger partial charge in [0.25, 0.3) is 0 Å². The van der Waals surface area contributed by atoms with Gasteiger partial charge in [0.1, 0.15) is 16.9 Å². The summed E-state index contributed by atoms with van der Waals surface area (Å²) < 4.78 is 5.50. The summed E-state index contributed by atoms with van der Waals surface area (Å²) in [4.78, 5) is 19.3. The first-order chi connectivity index (χ1) is 8.22. The third-order valence-corrected chi connectivity index (χ3v) is 3.02. The van der Waals surface area contributed by atoms with Gasteiger partial charge < -0.3 is 9.52 Å². The molecule has 1 aliphatic carbocycles. The van der Waals surface area contributed by atoms with Crippen molar-refractivity contribution in [2.75, 3.05) is 0 Å². The molecule has 2 aromatic heterocycles. The van der Waals surface area contributed by atoms with Crippen molar-refractivity contribution in [2.45, 2.75) is 18.3 Å². The predicted molar refractivity (Wildman–Crippen MR) is 58.3 cm³/mol. The molecule has 1 N–H and O–H groups in total. The lowest BCUT2D eigenvalue weighted by molar-refractivity contribution is -0.140. The Morgan fingerprint density at radius 3 is 2.76 bits per heavy atom. The highest BCUT2D eigenvalue weighted by Crippen LogP contribution is 2.49. The minimum atomic E-state index is -0.847. The average Bonchev–Trinajstić information content (AvgIpc) is 3.02. The van der Waals surface area contributed by atoms with Gasteiger partial charge in [0.05, 0.1) is 6.20 Å². The summed E-state index contributed by atoms with van der Waals surface area (Å²) in [5, 5.41) is 9.13. The number of carbonyl (C=O) groups is 1. The topological polar surface area (TPSA) is 76.2 Å². The molecule has 0 bridgehead atoms. The average molecular weight is 230 g/mol. The van der Waals surface area contributed by atoms with Crippen molar-refractivity contribution >= 4 is 5.97 Å². The molecule has 0 saturated heterocycles. The van der Waals surface area contributed by atoms with Gasteiger partial charge in [0, 0.05) is 6.20 Å². The molecular weight excluding hydrogens is 220 g/mol. The number of hydrogen-bond acceptors (Lipinski definition) is 4. The zero-order valence-electron chi connectivity index (χ0n) is 8.96. The second-order valence-corrected chi connectivity index (χ2v) is 4.13. The fourth-order valence-electron chi connectivity index (χ4n) is 1.79. The molecule has 3 rings (SSSR count). The lowest BCUT2D eigenvalue weighted by atomic mass is 10.1. The Morgan fingerprint density at radius 2 is 2.18 bits per heavy atom. The number of hydrogen-bond donors (Lipinski definition) is 1. The Bertz CT molecular complexity index is 558. The first-order valence-electron chi connectivity index (χ1n) is 5.33. The summed E-state index contributed by atoms with van der Waals surface area (Å²) in [6.07, 6.45) is 4.35. The zero-order valence-corrected chi connectivity index (χ0v) is 8.96. The van der Waals surface area contributed by atoms with Crippen LogP contribution in [0.5, 0.6) is 0 Å². The zero-order chi connectivity index (χ0) is 11.9. The van der Waals surface area contributed by atoms with Crippen LogP contribution in [-0.2, 0) is 10.2 Å². The standard InChI is InChI=1S/C12H10N2O3/c15-11(16)12(4-5-12)9-7-14-10(17-9)8-3-1-2-6-13-8/h1-3,6-7H,4-5H2,(H,15,16). The largest absolute Gasteiger partial charge is 0.480 e. The van der Waals surface area contributed by atoms with Crippen LogP contribution in [0.3, 0.4) is 0 Å². The molecule has 0 aromatic carbocycles. The van der Waals surface area contributed by atoms with Crippen LogP contribution in [-0.4, -0.2) is 21.0 Å². The molecule has 17 heavy (non-hydrogen) atoms. The van der Waals surface area contributed by atoms with E-state index in [4.69, 9.17) is 9.52 Å². The van der Waals surface area contributed by atoms with Crippen LogP contribution < -0.4 is 0 Å². The van der Waals surface area contributed by atoms with Gasteiger partial charge in [0.2, 0.25) is 5.89 Å². The van der Waals surface area contributed by atoms with Crippen LogP contribution in [0.25, 0.3) is 11.6 Å². The number of pyridine rings is 1. The summed E-state index contributed by atoms with van der Waals surface area (Å²) in [6.45, 7) is 0. The number of oxazole rings is 1. The Labute approximate surface area is 97.1 Å². The molecule has 1 saturated carbocycles. The first-order valence-corrected chi connectivity index (χ1v) is 5.33. The molecule has 0 amide bonds. The number of carboxylic acids is 1. The summed E-state index contributed by atoms with van der Waals surface area (Å²) in [5.74, 6) is -0.0556. The molecule has 2 aromatic rings. The summed E-state index contributed by atoms with van der Waals surface area (Å²) in [7, 11) is 0. The Morgan fingerprint density at radius 1 is 1.35 bits per heavy atom. The van der Waals surface area contributed by atoms with E-state index in [-0.39, 0.29) is 0 Å². The van der Waals surface area contributed by atoms with Crippen LogP contribution in [0.1, 0.15) is 18.6 Å². The van der Waals surface area contributed by atoms with Gasteiger partial charge in [-0.05, 0) is 25.0 Å². The minimum Gasteiger partial charge on any atom is -0.480 e. The van der Waals surface area contributed by atoms with Crippen LogP contribution >= 0.6 is 0 Å². The minimum absolute atomic E-state index is 0.369. The van der Waals surface area contributed by atoms with E-state index in [9.17, 15) is 4.79 Å². The maximum Gasteiger partial charge on any atom is 0.317 e. The number of rotatable bonds is 3. The number of nitrogens with zero attached hydrogens (tertiary/aromatic N) is 2. The lowest BCUT2D eigenvalue weighted by Gasteiger charge is -2.03. The molecule has 0 aliphatic heterocycles. The summed E-state index contributed by atoms with van der Waals surface area (Å²) >= 11 is 0. The SMILES string of the molecule is O=C(O)C1(c2cnc(-c3ccccn3)o2)CC1. The highest BCUT2D eigenvalue weighted by atomic mass is 16.4. The third kappa shape index (κ3) is 1.51. The van der Waals surface area contributed by atoms with Gasteiger partial charge in [0.15, 0.2) is 0 Å². The van der Waals surface area contributed by atoms with Gasteiger partial charge >= 0.3 is 5.97 Å². The van der Waals surface area contributed by atoms with Gasteiger partial charge in [-0.1, -0.05) is 6.07 Å². The second-order valence-electron chi connectivity index (χ2n) is 4.13. The predicted octanol–water partition coefficient (Wildman–Crippen LogP) is 1.85. The van der Waals surface area contributed by atoms with Gasteiger partial charge in [-0.3, -0.25) is 9.78 Å². The highest BCUT2D eigenvalue weighted by Gasteiger charge is 2.55. The molecule has 5 heteroatoms. The normalized spacial score (nSPS) is 16.7. The maximum atomic E-state index is 11.1.